The number of benzene rings is 1. The van der Waals surface area contributed by atoms with E-state index >= 15 is 0 Å². The quantitative estimate of drug-likeness (QED) is 0.877. The number of halogens is 1. The summed E-state index contributed by atoms with van der Waals surface area (Å²) >= 11 is 3.43. The third-order valence-corrected chi connectivity index (χ3v) is 5.29. The number of fused-ring (bicyclic) bond motifs is 3. The van der Waals surface area contributed by atoms with E-state index in [-0.39, 0.29) is 24.5 Å². The van der Waals surface area contributed by atoms with E-state index in [1.54, 1.807) is 4.90 Å². The second kappa shape index (κ2) is 5.35. The van der Waals surface area contributed by atoms with E-state index in [0.717, 1.165) is 29.4 Å². The first-order valence-corrected chi connectivity index (χ1v) is 8.44. The number of anilines is 2. The van der Waals surface area contributed by atoms with E-state index in [4.69, 9.17) is 4.74 Å². The second-order valence-corrected chi connectivity index (χ2v) is 7.18. The Morgan fingerprint density at radius 1 is 1.41 bits per heavy atom. The largest absolute Gasteiger partial charge is 0.375 e. The maximum absolute atomic E-state index is 12.7. The van der Waals surface area contributed by atoms with Crippen LogP contribution in [0.15, 0.2) is 22.7 Å². The van der Waals surface area contributed by atoms with E-state index in [1.165, 1.54) is 0 Å². The number of hydrogen-bond acceptors (Lipinski definition) is 3. The maximum Gasteiger partial charge on any atom is 0.244 e. The van der Waals surface area contributed by atoms with Gasteiger partial charge in [-0.1, -0.05) is 15.9 Å². The zero-order valence-electron chi connectivity index (χ0n) is 12.0. The Balaban J connectivity index is 1.55. The van der Waals surface area contributed by atoms with Gasteiger partial charge < -0.3 is 15.0 Å². The van der Waals surface area contributed by atoms with Crippen molar-refractivity contribution in [3.05, 3.63) is 22.7 Å². The molecule has 6 heteroatoms. The summed E-state index contributed by atoms with van der Waals surface area (Å²) in [5.41, 5.74) is 1.46. The summed E-state index contributed by atoms with van der Waals surface area (Å²) in [5.74, 6) is 0.162. The average molecular weight is 365 g/mol. The summed E-state index contributed by atoms with van der Waals surface area (Å²) in [7, 11) is 0. The first kappa shape index (κ1) is 14.2. The van der Waals surface area contributed by atoms with Gasteiger partial charge in [-0.05, 0) is 43.4 Å². The van der Waals surface area contributed by atoms with E-state index < -0.39 is 0 Å². The van der Waals surface area contributed by atoms with Gasteiger partial charge in [-0.15, -0.1) is 0 Å². The van der Waals surface area contributed by atoms with Crippen LogP contribution in [0, 0.1) is 5.92 Å². The molecule has 3 heterocycles. The van der Waals surface area contributed by atoms with Gasteiger partial charge in [-0.2, -0.15) is 0 Å². The van der Waals surface area contributed by atoms with Crippen LogP contribution in [0.5, 0.6) is 0 Å². The Bertz CT molecular complexity index is 648. The molecular formula is C16H17BrN2O3. The lowest BCUT2D eigenvalue weighted by molar-refractivity contribution is -0.122. The maximum atomic E-state index is 12.7. The molecule has 2 saturated heterocycles. The van der Waals surface area contributed by atoms with Crippen molar-refractivity contribution in [3.8, 4) is 0 Å². The molecule has 3 aliphatic heterocycles. The van der Waals surface area contributed by atoms with Crippen molar-refractivity contribution in [2.24, 2.45) is 5.92 Å². The minimum Gasteiger partial charge on any atom is -0.375 e. The highest BCUT2D eigenvalue weighted by molar-refractivity contribution is 9.10. The van der Waals surface area contributed by atoms with Crippen LogP contribution in [0.1, 0.15) is 25.7 Å². The molecule has 0 radical (unpaired) electrons. The third-order valence-electron chi connectivity index (χ3n) is 4.80. The standard InChI is InChI=1S/C16H17BrN2O3/c17-10-1-3-12-13(7-10)19(8-15(20)18-12)16(21)6-9-5-11-2-4-14(9)22-11/h1,3,7,9,11,14H,2,4-6,8H2,(H,18,20). The number of carbonyl (C=O) groups is 2. The molecule has 0 aliphatic carbocycles. The SMILES string of the molecule is O=C1CN(C(=O)CC2CC3CCC2O3)c2cc(Br)ccc2N1. The van der Waals surface area contributed by atoms with Gasteiger partial charge in [0.2, 0.25) is 11.8 Å². The zero-order valence-corrected chi connectivity index (χ0v) is 13.6. The molecule has 2 bridgehead atoms. The average Bonchev–Trinajstić information content (AvgIpc) is 3.09. The molecule has 4 rings (SSSR count). The molecular weight excluding hydrogens is 348 g/mol. The lowest BCUT2D eigenvalue weighted by Gasteiger charge is -2.31. The van der Waals surface area contributed by atoms with Gasteiger partial charge >= 0.3 is 0 Å². The number of hydrogen-bond donors (Lipinski definition) is 1. The van der Waals surface area contributed by atoms with Crippen molar-refractivity contribution in [1.82, 2.24) is 0 Å². The van der Waals surface area contributed by atoms with Crippen LogP contribution in [0.25, 0.3) is 0 Å². The highest BCUT2D eigenvalue weighted by atomic mass is 79.9. The summed E-state index contributed by atoms with van der Waals surface area (Å²) in [4.78, 5) is 26.2. The van der Waals surface area contributed by atoms with Crippen LogP contribution in [-0.2, 0) is 14.3 Å². The molecule has 2 amide bonds. The van der Waals surface area contributed by atoms with Gasteiger partial charge in [0.1, 0.15) is 6.54 Å². The normalized spacial score (nSPS) is 29.4. The van der Waals surface area contributed by atoms with Crippen LogP contribution in [0.3, 0.4) is 0 Å². The fourth-order valence-corrected chi connectivity index (χ4v) is 4.12. The fraction of sp³-hybridized carbons (Fsp3) is 0.500. The summed E-state index contributed by atoms with van der Waals surface area (Å²) in [5, 5.41) is 2.81. The summed E-state index contributed by atoms with van der Waals surface area (Å²) in [6, 6.07) is 5.55. The van der Waals surface area contributed by atoms with Gasteiger partial charge in [0.05, 0.1) is 23.6 Å². The molecule has 1 aromatic rings. The van der Waals surface area contributed by atoms with Gasteiger partial charge in [-0.25, -0.2) is 0 Å². The molecule has 0 spiro atoms. The summed E-state index contributed by atoms with van der Waals surface area (Å²) < 4.78 is 6.72. The minimum absolute atomic E-state index is 0.00958. The molecule has 2 fully saturated rings. The Morgan fingerprint density at radius 2 is 2.27 bits per heavy atom. The number of amides is 2. The smallest absolute Gasteiger partial charge is 0.244 e. The number of ether oxygens (including phenoxy) is 1. The van der Waals surface area contributed by atoms with Crippen LogP contribution in [0.4, 0.5) is 11.4 Å². The zero-order chi connectivity index (χ0) is 15.3. The number of carbonyl (C=O) groups excluding carboxylic acids is 2. The van der Waals surface area contributed by atoms with Crippen LogP contribution in [0.2, 0.25) is 0 Å². The van der Waals surface area contributed by atoms with Gasteiger partial charge in [0, 0.05) is 10.9 Å². The molecule has 3 aliphatic rings. The van der Waals surface area contributed by atoms with Crippen molar-refractivity contribution in [2.45, 2.75) is 37.9 Å². The summed E-state index contributed by atoms with van der Waals surface area (Å²) in [6.07, 6.45) is 4.19. The Kier molecular flexibility index (Phi) is 3.46. The highest BCUT2D eigenvalue weighted by Gasteiger charge is 2.42. The van der Waals surface area contributed by atoms with Gasteiger partial charge in [0.15, 0.2) is 0 Å². The number of rotatable bonds is 2. The van der Waals surface area contributed by atoms with Crippen LogP contribution < -0.4 is 10.2 Å². The number of nitrogens with one attached hydrogen (secondary N) is 1. The summed E-state index contributed by atoms with van der Waals surface area (Å²) in [6.45, 7) is 0.0873. The predicted molar refractivity (Wildman–Crippen MR) is 85.7 cm³/mol. The molecule has 3 atom stereocenters. The lowest BCUT2D eigenvalue weighted by Crippen LogP contribution is -2.43. The molecule has 1 N–H and O–H groups in total. The lowest BCUT2D eigenvalue weighted by atomic mass is 9.86. The molecule has 116 valence electrons. The van der Waals surface area contributed by atoms with E-state index in [2.05, 4.69) is 21.2 Å². The van der Waals surface area contributed by atoms with Crippen molar-refractivity contribution in [1.29, 1.82) is 0 Å². The fourth-order valence-electron chi connectivity index (χ4n) is 3.77. The molecule has 0 saturated carbocycles. The Labute approximate surface area is 137 Å². The monoisotopic (exact) mass is 364 g/mol. The van der Waals surface area contributed by atoms with Crippen LogP contribution in [-0.4, -0.2) is 30.6 Å². The first-order valence-electron chi connectivity index (χ1n) is 7.65. The highest BCUT2D eigenvalue weighted by Crippen LogP contribution is 2.41. The molecule has 3 unspecified atom stereocenters. The first-order chi connectivity index (χ1) is 10.6. The van der Waals surface area contributed by atoms with Crippen molar-refractivity contribution in [2.75, 3.05) is 16.8 Å². The van der Waals surface area contributed by atoms with Crippen molar-refractivity contribution < 1.29 is 14.3 Å². The van der Waals surface area contributed by atoms with Crippen molar-refractivity contribution >= 4 is 39.1 Å². The Hall–Kier alpha value is -1.40. The van der Waals surface area contributed by atoms with Crippen LogP contribution >= 0.6 is 15.9 Å². The Morgan fingerprint density at radius 3 is 3.00 bits per heavy atom. The van der Waals surface area contributed by atoms with Crippen molar-refractivity contribution in [3.63, 3.8) is 0 Å². The van der Waals surface area contributed by atoms with E-state index in [0.29, 0.717) is 24.1 Å². The predicted octanol–water partition coefficient (Wildman–Crippen LogP) is 2.69. The molecule has 0 aromatic heterocycles. The van der Waals surface area contributed by atoms with Gasteiger partial charge in [0.25, 0.3) is 0 Å². The molecule has 1 aromatic carbocycles. The minimum atomic E-state index is -0.146. The molecule has 22 heavy (non-hydrogen) atoms. The number of nitrogens with zero attached hydrogens (tertiary/aromatic N) is 1. The molecule has 5 nitrogen and oxygen atoms in total. The van der Waals surface area contributed by atoms with Gasteiger partial charge in [-0.3, -0.25) is 9.59 Å². The topological polar surface area (TPSA) is 58.6 Å². The van der Waals surface area contributed by atoms with E-state index in [9.17, 15) is 9.59 Å². The second-order valence-electron chi connectivity index (χ2n) is 6.26. The third kappa shape index (κ3) is 2.44. The van der Waals surface area contributed by atoms with E-state index in [1.807, 2.05) is 18.2 Å².